The van der Waals surface area contributed by atoms with Gasteiger partial charge in [-0.25, -0.2) is 13.6 Å². The molecular formula is C15H17F2N3O3. The monoisotopic (exact) mass is 325 g/mol. The fraction of sp³-hybridized carbons (Fsp3) is 0.467. The zero-order chi connectivity index (χ0) is 16.4. The van der Waals surface area contributed by atoms with E-state index in [4.69, 9.17) is 4.74 Å². The summed E-state index contributed by atoms with van der Waals surface area (Å²) in [6.07, 6.45) is 0. The summed E-state index contributed by atoms with van der Waals surface area (Å²) in [5.41, 5.74) is 0.287. The lowest BCUT2D eigenvalue weighted by Crippen LogP contribution is -2.46. The van der Waals surface area contributed by atoms with Crippen LogP contribution in [0.3, 0.4) is 0 Å². The summed E-state index contributed by atoms with van der Waals surface area (Å²) in [5, 5.41) is 0. The quantitative estimate of drug-likeness (QED) is 0.835. The van der Waals surface area contributed by atoms with Crippen molar-refractivity contribution in [3.63, 3.8) is 0 Å². The van der Waals surface area contributed by atoms with Crippen LogP contribution in [0, 0.1) is 11.6 Å². The van der Waals surface area contributed by atoms with Gasteiger partial charge in [0.05, 0.1) is 13.2 Å². The maximum Gasteiger partial charge on any atom is 0.325 e. The normalized spacial score (nSPS) is 18.7. The second kappa shape index (κ2) is 6.49. The average molecular weight is 325 g/mol. The first-order chi connectivity index (χ1) is 11.1. The molecule has 3 rings (SSSR count). The Morgan fingerprint density at radius 1 is 1.09 bits per heavy atom. The van der Waals surface area contributed by atoms with Gasteiger partial charge in [-0.15, -0.1) is 0 Å². The van der Waals surface area contributed by atoms with Crippen LogP contribution in [0.2, 0.25) is 0 Å². The lowest BCUT2D eigenvalue weighted by atomic mass is 10.3. The lowest BCUT2D eigenvalue weighted by Gasteiger charge is -2.28. The topological polar surface area (TPSA) is 53.1 Å². The zero-order valence-corrected chi connectivity index (χ0v) is 12.5. The van der Waals surface area contributed by atoms with Crippen LogP contribution in [0.1, 0.15) is 0 Å². The van der Waals surface area contributed by atoms with E-state index in [-0.39, 0.29) is 24.2 Å². The molecule has 2 aliphatic heterocycles. The molecule has 0 radical (unpaired) electrons. The Morgan fingerprint density at radius 3 is 2.52 bits per heavy atom. The Hall–Kier alpha value is -2.22. The number of morpholine rings is 1. The molecule has 0 bridgehead atoms. The van der Waals surface area contributed by atoms with Crippen molar-refractivity contribution >= 4 is 17.6 Å². The first-order valence-electron chi connectivity index (χ1n) is 7.43. The van der Waals surface area contributed by atoms with E-state index in [2.05, 4.69) is 0 Å². The summed E-state index contributed by atoms with van der Waals surface area (Å²) < 4.78 is 31.5. The van der Waals surface area contributed by atoms with E-state index >= 15 is 0 Å². The molecule has 0 spiro atoms. The number of halogens is 2. The number of amides is 3. The number of urea groups is 1. The standard InChI is InChI=1S/C15H17F2N3O3/c16-12-2-1-11(9-13(12)17)20-4-3-19(15(20)22)10-14(21)18-5-7-23-8-6-18/h1-2,9H,3-8,10H2. The van der Waals surface area contributed by atoms with E-state index in [1.54, 1.807) is 4.90 Å². The largest absolute Gasteiger partial charge is 0.378 e. The number of rotatable bonds is 3. The molecule has 23 heavy (non-hydrogen) atoms. The minimum absolute atomic E-state index is 0.0149. The van der Waals surface area contributed by atoms with Gasteiger partial charge in [0.1, 0.15) is 6.54 Å². The summed E-state index contributed by atoms with van der Waals surface area (Å²) in [5.74, 6) is -2.09. The summed E-state index contributed by atoms with van der Waals surface area (Å²) >= 11 is 0. The molecule has 0 aliphatic carbocycles. The number of benzene rings is 1. The predicted octanol–water partition coefficient (Wildman–Crippen LogP) is 1.07. The zero-order valence-electron chi connectivity index (χ0n) is 12.5. The molecule has 0 saturated carbocycles. The number of nitrogens with zero attached hydrogens (tertiary/aromatic N) is 3. The van der Waals surface area contributed by atoms with Crippen LogP contribution in [-0.4, -0.2) is 67.7 Å². The van der Waals surface area contributed by atoms with E-state index in [0.717, 1.165) is 12.1 Å². The highest BCUT2D eigenvalue weighted by atomic mass is 19.2. The van der Waals surface area contributed by atoms with Gasteiger partial charge in [0, 0.05) is 37.9 Å². The molecule has 124 valence electrons. The summed E-state index contributed by atoms with van der Waals surface area (Å²) in [4.78, 5) is 29.0. The van der Waals surface area contributed by atoms with Crippen molar-refractivity contribution in [2.24, 2.45) is 0 Å². The maximum atomic E-state index is 13.3. The molecular weight excluding hydrogens is 308 g/mol. The first kappa shape index (κ1) is 15.7. The molecule has 2 aliphatic rings. The number of carbonyl (C=O) groups excluding carboxylic acids is 2. The Bertz CT molecular complexity index is 620. The smallest absolute Gasteiger partial charge is 0.325 e. The number of carbonyl (C=O) groups is 2. The van der Waals surface area contributed by atoms with E-state index in [0.29, 0.717) is 39.4 Å². The third-order valence-electron chi connectivity index (χ3n) is 4.00. The number of ether oxygens (including phenoxy) is 1. The molecule has 0 atom stereocenters. The van der Waals surface area contributed by atoms with Gasteiger partial charge in [-0.1, -0.05) is 0 Å². The summed E-state index contributed by atoms with van der Waals surface area (Å²) in [7, 11) is 0. The number of anilines is 1. The molecule has 1 aromatic rings. The third kappa shape index (κ3) is 3.26. The molecule has 0 N–H and O–H groups in total. The second-order valence-corrected chi connectivity index (χ2v) is 5.45. The molecule has 8 heteroatoms. The average Bonchev–Trinajstić information content (AvgIpc) is 2.92. The highest BCUT2D eigenvalue weighted by Gasteiger charge is 2.32. The van der Waals surface area contributed by atoms with Crippen molar-refractivity contribution in [2.45, 2.75) is 0 Å². The highest BCUT2D eigenvalue weighted by molar-refractivity contribution is 5.96. The molecule has 2 fully saturated rings. The SMILES string of the molecule is O=C(CN1CCN(c2ccc(F)c(F)c2)C1=O)N1CCOCC1. The van der Waals surface area contributed by atoms with Gasteiger partial charge in [-0.2, -0.15) is 0 Å². The van der Waals surface area contributed by atoms with Crippen molar-refractivity contribution in [3.8, 4) is 0 Å². The Morgan fingerprint density at radius 2 is 1.83 bits per heavy atom. The fourth-order valence-corrected chi connectivity index (χ4v) is 2.70. The predicted molar refractivity (Wildman–Crippen MR) is 78.1 cm³/mol. The van der Waals surface area contributed by atoms with Gasteiger partial charge in [0.25, 0.3) is 0 Å². The molecule has 3 amide bonds. The second-order valence-electron chi connectivity index (χ2n) is 5.45. The van der Waals surface area contributed by atoms with Crippen LogP contribution in [-0.2, 0) is 9.53 Å². The van der Waals surface area contributed by atoms with Gasteiger partial charge in [-0.3, -0.25) is 9.69 Å². The van der Waals surface area contributed by atoms with Gasteiger partial charge in [0.15, 0.2) is 11.6 Å². The summed E-state index contributed by atoms with van der Waals surface area (Å²) in [6.45, 7) is 2.73. The molecule has 1 aromatic carbocycles. The summed E-state index contributed by atoms with van der Waals surface area (Å²) in [6, 6.07) is 2.95. The van der Waals surface area contributed by atoms with E-state index in [9.17, 15) is 18.4 Å². The van der Waals surface area contributed by atoms with Gasteiger partial charge in [-0.05, 0) is 12.1 Å². The van der Waals surface area contributed by atoms with Gasteiger partial charge < -0.3 is 14.5 Å². The third-order valence-corrected chi connectivity index (χ3v) is 4.00. The van der Waals surface area contributed by atoms with E-state index in [1.807, 2.05) is 0 Å². The molecule has 6 nitrogen and oxygen atoms in total. The van der Waals surface area contributed by atoms with Crippen LogP contribution in [0.25, 0.3) is 0 Å². The maximum absolute atomic E-state index is 13.3. The van der Waals surface area contributed by atoms with Crippen molar-refractivity contribution in [2.75, 3.05) is 50.8 Å². The number of hydrogen-bond donors (Lipinski definition) is 0. The van der Waals surface area contributed by atoms with Crippen LogP contribution >= 0.6 is 0 Å². The van der Waals surface area contributed by atoms with Crippen LogP contribution in [0.15, 0.2) is 18.2 Å². The van der Waals surface area contributed by atoms with E-state index < -0.39 is 11.6 Å². The van der Waals surface area contributed by atoms with Crippen molar-refractivity contribution in [3.05, 3.63) is 29.8 Å². The van der Waals surface area contributed by atoms with Gasteiger partial charge >= 0.3 is 6.03 Å². The Labute approximate surface area is 132 Å². The Balaban J connectivity index is 1.64. The molecule has 0 aromatic heterocycles. The first-order valence-corrected chi connectivity index (χ1v) is 7.43. The van der Waals surface area contributed by atoms with Crippen LogP contribution in [0.4, 0.5) is 19.3 Å². The molecule has 0 unspecified atom stereocenters. The van der Waals surface area contributed by atoms with Crippen LogP contribution in [0.5, 0.6) is 0 Å². The van der Waals surface area contributed by atoms with E-state index in [1.165, 1.54) is 15.9 Å². The highest BCUT2D eigenvalue weighted by Crippen LogP contribution is 2.22. The minimum Gasteiger partial charge on any atom is -0.378 e. The fourth-order valence-electron chi connectivity index (χ4n) is 2.70. The number of hydrogen-bond acceptors (Lipinski definition) is 3. The Kier molecular flexibility index (Phi) is 4.42. The van der Waals surface area contributed by atoms with Crippen LogP contribution < -0.4 is 4.90 Å². The minimum atomic E-state index is -1.00. The van der Waals surface area contributed by atoms with Crippen molar-refractivity contribution < 1.29 is 23.1 Å². The molecule has 2 heterocycles. The van der Waals surface area contributed by atoms with Crippen molar-refractivity contribution in [1.82, 2.24) is 9.80 Å². The lowest BCUT2D eigenvalue weighted by molar-refractivity contribution is -0.135. The van der Waals surface area contributed by atoms with Gasteiger partial charge in [0.2, 0.25) is 5.91 Å². The van der Waals surface area contributed by atoms with Crippen molar-refractivity contribution in [1.29, 1.82) is 0 Å². The molecule has 2 saturated heterocycles.